The molecule has 3 atom stereocenters. The molecule has 1 heterocycles. The van der Waals surface area contributed by atoms with Crippen molar-refractivity contribution in [2.45, 2.75) is 39.0 Å². The van der Waals surface area contributed by atoms with Crippen molar-refractivity contribution in [3.8, 4) is 0 Å². The summed E-state index contributed by atoms with van der Waals surface area (Å²) < 4.78 is 5.47. The van der Waals surface area contributed by atoms with Crippen molar-refractivity contribution < 1.29 is 19.4 Å². The number of hydrogen-bond donors (Lipinski definition) is 1. The van der Waals surface area contributed by atoms with Gasteiger partial charge in [-0.25, -0.2) is 4.79 Å². The Hall–Kier alpha value is -1.30. The maximum atomic E-state index is 11.7. The van der Waals surface area contributed by atoms with E-state index in [0.717, 1.165) is 0 Å². The first-order chi connectivity index (χ1) is 7.40. The van der Waals surface area contributed by atoms with Gasteiger partial charge in [-0.05, 0) is 20.8 Å². The van der Waals surface area contributed by atoms with Gasteiger partial charge < -0.3 is 24.9 Å². The molecule has 0 radical (unpaired) electrons. The first-order valence-corrected chi connectivity index (χ1v) is 5.32. The van der Waals surface area contributed by atoms with Gasteiger partial charge in [-0.15, -0.1) is 0 Å². The van der Waals surface area contributed by atoms with Crippen molar-refractivity contribution in [2.75, 3.05) is 13.1 Å². The maximum Gasteiger partial charge on any atom is 0.318 e. The molecule has 6 heteroatoms. The molecule has 0 saturated carbocycles. The lowest BCUT2D eigenvalue weighted by atomic mass is 10.2. The van der Waals surface area contributed by atoms with Crippen LogP contribution in [0.5, 0.6) is 0 Å². The Morgan fingerprint density at radius 1 is 1.38 bits per heavy atom. The summed E-state index contributed by atoms with van der Waals surface area (Å²) in [5, 5.41) is 12.8. The molecule has 1 fully saturated rings. The van der Waals surface area contributed by atoms with Crippen LogP contribution in [0.4, 0.5) is 4.79 Å². The zero-order valence-corrected chi connectivity index (χ0v) is 9.73. The fraction of sp³-hybridized carbons (Fsp3) is 0.800. The second-order valence-corrected chi connectivity index (χ2v) is 4.15. The van der Waals surface area contributed by atoms with Crippen molar-refractivity contribution in [3.63, 3.8) is 0 Å². The predicted octanol–water partition coefficient (Wildman–Crippen LogP) is -1.06. The fourth-order valence-electron chi connectivity index (χ4n) is 1.68. The molecule has 1 aliphatic rings. The minimum absolute atomic E-state index is 0.0345. The summed E-state index contributed by atoms with van der Waals surface area (Å²) in [7, 11) is 0. The second kappa shape index (κ2) is 5.16. The molecule has 1 N–H and O–H groups in total. The lowest BCUT2D eigenvalue weighted by Crippen LogP contribution is -2.55. The molecule has 0 aromatic heterocycles. The van der Waals surface area contributed by atoms with Gasteiger partial charge in [0.25, 0.3) is 0 Å². The molecule has 0 unspecified atom stereocenters. The highest BCUT2D eigenvalue weighted by Gasteiger charge is 2.26. The van der Waals surface area contributed by atoms with Gasteiger partial charge in [0.15, 0.2) is 0 Å². The number of hydrogen-bond acceptors (Lipinski definition) is 4. The molecular weight excluding hydrogens is 212 g/mol. The molecular formula is C10H17N2O4-. The van der Waals surface area contributed by atoms with Gasteiger partial charge in [0.2, 0.25) is 0 Å². The van der Waals surface area contributed by atoms with Crippen LogP contribution in [-0.4, -0.2) is 48.2 Å². The zero-order chi connectivity index (χ0) is 12.3. The molecule has 6 nitrogen and oxygen atoms in total. The lowest BCUT2D eigenvalue weighted by molar-refractivity contribution is -0.307. The van der Waals surface area contributed by atoms with E-state index < -0.39 is 18.0 Å². The number of ether oxygens (including phenoxy) is 1. The molecule has 1 aliphatic heterocycles. The molecule has 0 bridgehead atoms. The maximum absolute atomic E-state index is 11.7. The normalized spacial score (nSPS) is 27.3. The predicted molar refractivity (Wildman–Crippen MR) is 54.6 cm³/mol. The van der Waals surface area contributed by atoms with Crippen LogP contribution in [0.1, 0.15) is 20.8 Å². The first-order valence-electron chi connectivity index (χ1n) is 5.32. The zero-order valence-electron chi connectivity index (χ0n) is 9.73. The Morgan fingerprint density at radius 3 is 2.31 bits per heavy atom. The van der Waals surface area contributed by atoms with Crippen LogP contribution in [0, 0.1) is 0 Å². The highest BCUT2D eigenvalue weighted by molar-refractivity contribution is 5.81. The molecule has 2 amide bonds. The molecule has 0 spiro atoms. The third-order valence-electron chi connectivity index (χ3n) is 2.40. The lowest BCUT2D eigenvalue weighted by Gasteiger charge is -2.35. The van der Waals surface area contributed by atoms with E-state index in [4.69, 9.17) is 4.74 Å². The Labute approximate surface area is 94.6 Å². The Balaban J connectivity index is 2.50. The number of carbonyl (C=O) groups is 2. The summed E-state index contributed by atoms with van der Waals surface area (Å²) in [6.45, 7) is 6.06. The van der Waals surface area contributed by atoms with Crippen molar-refractivity contribution in [2.24, 2.45) is 0 Å². The first kappa shape index (κ1) is 12.8. The molecule has 1 saturated heterocycles. The summed E-state index contributed by atoms with van der Waals surface area (Å²) in [6, 6.07) is -1.38. The standard InChI is InChI=1S/C10H18N2O4/c1-6-4-12(5-7(2)16-6)10(15)11-8(3)9(13)14/h6-8H,4-5H2,1-3H3,(H,11,15)(H,13,14)/p-1/t6-,7-,8+/m1/s1. The monoisotopic (exact) mass is 229 g/mol. The van der Waals surface area contributed by atoms with Crippen LogP contribution in [0.2, 0.25) is 0 Å². The third kappa shape index (κ3) is 3.37. The number of rotatable bonds is 2. The van der Waals surface area contributed by atoms with Crippen molar-refractivity contribution >= 4 is 12.0 Å². The average molecular weight is 229 g/mol. The van der Waals surface area contributed by atoms with Gasteiger partial charge >= 0.3 is 6.03 Å². The van der Waals surface area contributed by atoms with Crippen LogP contribution in [0.15, 0.2) is 0 Å². The van der Waals surface area contributed by atoms with Crippen LogP contribution >= 0.6 is 0 Å². The van der Waals surface area contributed by atoms with E-state index in [-0.39, 0.29) is 12.2 Å². The Morgan fingerprint density at radius 2 is 1.88 bits per heavy atom. The number of morpholine rings is 1. The minimum Gasteiger partial charge on any atom is -0.548 e. The Bertz CT molecular complexity index is 272. The van der Waals surface area contributed by atoms with Crippen molar-refractivity contribution in [1.29, 1.82) is 0 Å². The number of carbonyl (C=O) groups excluding carboxylic acids is 2. The molecule has 0 aliphatic carbocycles. The van der Waals surface area contributed by atoms with Gasteiger partial charge in [0, 0.05) is 13.1 Å². The summed E-state index contributed by atoms with van der Waals surface area (Å²) in [4.78, 5) is 23.7. The van der Waals surface area contributed by atoms with E-state index in [0.29, 0.717) is 13.1 Å². The highest BCUT2D eigenvalue weighted by Crippen LogP contribution is 2.10. The second-order valence-electron chi connectivity index (χ2n) is 4.15. The number of nitrogens with zero attached hydrogens (tertiary/aromatic N) is 1. The summed E-state index contributed by atoms with van der Waals surface area (Å²) in [5.74, 6) is -1.29. The molecule has 16 heavy (non-hydrogen) atoms. The fourth-order valence-corrected chi connectivity index (χ4v) is 1.68. The van der Waals surface area contributed by atoms with Gasteiger partial charge in [-0.2, -0.15) is 0 Å². The summed E-state index contributed by atoms with van der Waals surface area (Å²) in [6.07, 6.45) is -0.0690. The number of amides is 2. The van der Waals surface area contributed by atoms with Gasteiger partial charge in [-0.3, -0.25) is 0 Å². The van der Waals surface area contributed by atoms with Crippen LogP contribution < -0.4 is 10.4 Å². The van der Waals surface area contributed by atoms with E-state index in [1.807, 2.05) is 13.8 Å². The number of nitrogens with one attached hydrogen (secondary N) is 1. The van der Waals surface area contributed by atoms with Gasteiger partial charge in [-0.1, -0.05) is 0 Å². The number of carboxylic acids is 1. The highest BCUT2D eigenvalue weighted by atomic mass is 16.5. The molecule has 0 aromatic rings. The Kier molecular flexibility index (Phi) is 4.12. The average Bonchev–Trinajstić information content (AvgIpc) is 2.15. The van der Waals surface area contributed by atoms with Crippen LogP contribution in [-0.2, 0) is 9.53 Å². The quantitative estimate of drug-likeness (QED) is 0.654. The SMILES string of the molecule is C[C@@H]1CN(C(=O)N[C@@H](C)C(=O)[O-])C[C@@H](C)O1. The van der Waals surface area contributed by atoms with Crippen LogP contribution in [0.3, 0.4) is 0 Å². The van der Waals surface area contributed by atoms with Crippen LogP contribution in [0.25, 0.3) is 0 Å². The molecule has 1 rings (SSSR count). The van der Waals surface area contributed by atoms with Gasteiger partial charge in [0.05, 0.1) is 24.2 Å². The van der Waals surface area contributed by atoms with E-state index in [1.54, 1.807) is 4.90 Å². The van der Waals surface area contributed by atoms with Crippen molar-refractivity contribution in [3.05, 3.63) is 0 Å². The summed E-state index contributed by atoms with van der Waals surface area (Å²) >= 11 is 0. The van der Waals surface area contributed by atoms with E-state index in [2.05, 4.69) is 5.32 Å². The van der Waals surface area contributed by atoms with Gasteiger partial charge in [0.1, 0.15) is 0 Å². The largest absolute Gasteiger partial charge is 0.548 e. The van der Waals surface area contributed by atoms with E-state index in [9.17, 15) is 14.7 Å². The smallest absolute Gasteiger partial charge is 0.318 e. The van der Waals surface area contributed by atoms with E-state index in [1.165, 1.54) is 6.92 Å². The third-order valence-corrected chi connectivity index (χ3v) is 2.40. The van der Waals surface area contributed by atoms with Crippen molar-refractivity contribution in [1.82, 2.24) is 10.2 Å². The summed E-state index contributed by atoms with van der Waals surface area (Å²) in [5.41, 5.74) is 0. The molecule has 0 aromatic carbocycles. The minimum atomic E-state index is -1.29. The molecule has 92 valence electrons. The van der Waals surface area contributed by atoms with E-state index >= 15 is 0 Å². The topological polar surface area (TPSA) is 81.7 Å². The number of urea groups is 1. The number of aliphatic carboxylic acids is 1. The number of carboxylic acid groups (broad SMARTS) is 1.